The molecule has 4 rings (SSSR count). The summed E-state index contributed by atoms with van der Waals surface area (Å²) in [6.45, 7) is 6.35. The molecule has 0 heterocycles. The molecule has 4 fully saturated rings. The maximum atomic E-state index is 12.1. The molecule has 0 saturated heterocycles. The second-order valence-corrected chi connectivity index (χ2v) is 11.2. The fourth-order valence-corrected chi connectivity index (χ4v) is 7.78. The number of hydroxylamine groups is 1. The van der Waals surface area contributed by atoms with Crippen LogP contribution in [-0.4, -0.2) is 60.1 Å². The summed E-state index contributed by atoms with van der Waals surface area (Å²) in [5.74, 6) is 1.64. The number of hydrogen-bond acceptors (Lipinski definition) is 5. The number of nitrogens with zero attached hydrogens (tertiary/aromatic N) is 1. The topological polar surface area (TPSA) is 65.0 Å². The molecule has 8 atom stereocenters. The highest BCUT2D eigenvalue weighted by molar-refractivity contribution is 5.18. The lowest BCUT2D eigenvalue weighted by molar-refractivity contribution is -0.211. The molecule has 0 aromatic carbocycles. The van der Waals surface area contributed by atoms with E-state index < -0.39 is 5.60 Å². The molecule has 162 valence electrons. The molecule has 5 nitrogen and oxygen atoms in total. The van der Waals surface area contributed by atoms with Gasteiger partial charge >= 0.3 is 0 Å². The zero-order valence-electron chi connectivity index (χ0n) is 18.4. The third-order valence-electron chi connectivity index (χ3n) is 9.69. The molecule has 4 saturated carbocycles. The fourth-order valence-electron chi connectivity index (χ4n) is 7.78. The van der Waals surface area contributed by atoms with Crippen LogP contribution >= 0.6 is 0 Å². The number of likely N-dealkylation sites (N-methyl/N-ethyl adjacent to an activating group) is 1. The molecule has 4 aliphatic carbocycles. The molecule has 28 heavy (non-hydrogen) atoms. The van der Waals surface area contributed by atoms with Gasteiger partial charge < -0.3 is 20.0 Å². The van der Waals surface area contributed by atoms with Gasteiger partial charge in [-0.2, -0.15) is 5.48 Å². The van der Waals surface area contributed by atoms with Crippen LogP contribution in [0.1, 0.15) is 71.6 Å². The van der Waals surface area contributed by atoms with Gasteiger partial charge in [-0.15, -0.1) is 0 Å². The normalized spacial score (nSPS) is 50.9. The standard InChI is InChI=1S/C23H42N2O3/c1-21-10-7-17(26)15-16(21)5-6-19-18(21)8-11-22(2)20(9-12-23(19,22)27)24-28-14-13-25(3)4/h16-20,24,26-27H,5-15H2,1-4H3/t16?,17?,18-,19-,20?,21+,22-,23-/m1/s1. The van der Waals surface area contributed by atoms with Crippen LogP contribution in [-0.2, 0) is 4.84 Å². The van der Waals surface area contributed by atoms with Crippen molar-refractivity contribution in [1.29, 1.82) is 0 Å². The minimum Gasteiger partial charge on any atom is -0.393 e. The molecular weight excluding hydrogens is 352 g/mol. The molecule has 0 amide bonds. The molecule has 0 aliphatic heterocycles. The van der Waals surface area contributed by atoms with Gasteiger partial charge in [0, 0.05) is 18.0 Å². The number of hydrogen-bond donors (Lipinski definition) is 3. The third-order valence-corrected chi connectivity index (χ3v) is 9.69. The average Bonchev–Trinajstić information content (AvgIpc) is 2.90. The minimum absolute atomic E-state index is 0.106. The first kappa shape index (κ1) is 21.0. The highest BCUT2D eigenvalue weighted by Crippen LogP contribution is 2.67. The van der Waals surface area contributed by atoms with E-state index in [9.17, 15) is 10.2 Å². The van der Waals surface area contributed by atoms with Crippen molar-refractivity contribution in [2.45, 2.75) is 89.4 Å². The van der Waals surface area contributed by atoms with E-state index in [0.717, 1.165) is 51.5 Å². The fraction of sp³-hybridized carbons (Fsp3) is 1.00. The van der Waals surface area contributed by atoms with Crippen molar-refractivity contribution in [2.75, 3.05) is 27.2 Å². The summed E-state index contributed by atoms with van der Waals surface area (Å²) in [5, 5.41) is 22.3. The third kappa shape index (κ3) is 3.17. The summed E-state index contributed by atoms with van der Waals surface area (Å²) >= 11 is 0. The van der Waals surface area contributed by atoms with Crippen LogP contribution in [0.3, 0.4) is 0 Å². The van der Waals surface area contributed by atoms with E-state index >= 15 is 0 Å². The second-order valence-electron chi connectivity index (χ2n) is 11.2. The maximum Gasteiger partial charge on any atom is 0.0809 e. The minimum atomic E-state index is -0.581. The molecule has 3 N–H and O–H groups in total. The summed E-state index contributed by atoms with van der Waals surface area (Å²) < 4.78 is 0. The first-order valence-electron chi connectivity index (χ1n) is 11.6. The SMILES string of the molecule is CN(C)CCONC1CC[C@@]2(O)[C@@H]3CCC4CC(O)CC[C@]4(C)[C@@H]3CC[C@]12C. The van der Waals surface area contributed by atoms with Crippen LogP contribution in [0, 0.1) is 28.6 Å². The quantitative estimate of drug-likeness (QED) is 0.494. The Labute approximate surface area is 171 Å². The summed E-state index contributed by atoms with van der Waals surface area (Å²) in [4.78, 5) is 7.94. The highest BCUT2D eigenvalue weighted by Gasteiger charge is 2.67. The molecule has 0 aromatic heterocycles. The molecule has 0 radical (unpaired) electrons. The van der Waals surface area contributed by atoms with E-state index in [4.69, 9.17) is 4.84 Å². The van der Waals surface area contributed by atoms with Crippen molar-refractivity contribution < 1.29 is 15.1 Å². The van der Waals surface area contributed by atoms with Crippen LogP contribution in [0.25, 0.3) is 0 Å². The Morgan fingerprint density at radius 2 is 1.79 bits per heavy atom. The molecule has 0 aromatic rings. The van der Waals surface area contributed by atoms with E-state index in [1.165, 1.54) is 12.8 Å². The zero-order chi connectivity index (χ0) is 20.2. The lowest BCUT2D eigenvalue weighted by Crippen LogP contribution is -2.64. The van der Waals surface area contributed by atoms with Crippen LogP contribution in [0.2, 0.25) is 0 Å². The van der Waals surface area contributed by atoms with Gasteiger partial charge in [0.05, 0.1) is 18.3 Å². The lowest BCUT2D eigenvalue weighted by Gasteiger charge is -2.63. The van der Waals surface area contributed by atoms with Crippen molar-refractivity contribution in [3.05, 3.63) is 0 Å². The largest absolute Gasteiger partial charge is 0.393 e. The van der Waals surface area contributed by atoms with E-state index in [-0.39, 0.29) is 17.6 Å². The number of aliphatic hydroxyl groups excluding tert-OH is 1. The second kappa shape index (κ2) is 7.49. The Hall–Kier alpha value is -0.200. The Morgan fingerprint density at radius 1 is 1.00 bits per heavy atom. The van der Waals surface area contributed by atoms with Gasteiger partial charge in [-0.1, -0.05) is 13.8 Å². The molecule has 0 spiro atoms. The van der Waals surface area contributed by atoms with Gasteiger partial charge in [-0.25, -0.2) is 0 Å². The molecule has 5 heteroatoms. The van der Waals surface area contributed by atoms with Crippen LogP contribution in [0.5, 0.6) is 0 Å². The lowest BCUT2D eigenvalue weighted by atomic mass is 9.43. The first-order valence-corrected chi connectivity index (χ1v) is 11.6. The van der Waals surface area contributed by atoms with Gasteiger partial charge in [0.2, 0.25) is 0 Å². The van der Waals surface area contributed by atoms with Crippen molar-refractivity contribution in [3.8, 4) is 0 Å². The zero-order valence-corrected chi connectivity index (χ0v) is 18.4. The Morgan fingerprint density at radius 3 is 2.54 bits per heavy atom. The van der Waals surface area contributed by atoms with Gasteiger partial charge in [0.15, 0.2) is 0 Å². The summed E-state index contributed by atoms with van der Waals surface area (Å²) in [6.07, 6.45) is 9.40. The van der Waals surface area contributed by atoms with E-state index in [1.807, 2.05) is 0 Å². The van der Waals surface area contributed by atoms with Crippen LogP contribution < -0.4 is 5.48 Å². The van der Waals surface area contributed by atoms with E-state index in [0.29, 0.717) is 29.8 Å². The Bertz CT molecular complexity index is 572. The predicted octanol–water partition coefficient (Wildman–Crippen LogP) is 2.96. The van der Waals surface area contributed by atoms with Gasteiger partial charge in [-0.05, 0) is 95.1 Å². The van der Waals surface area contributed by atoms with Gasteiger partial charge in [0.1, 0.15) is 0 Å². The summed E-state index contributed by atoms with van der Waals surface area (Å²) in [6, 6.07) is 0.235. The number of rotatable bonds is 5. The molecular formula is C23H42N2O3. The van der Waals surface area contributed by atoms with Crippen molar-refractivity contribution in [1.82, 2.24) is 10.4 Å². The summed E-state index contributed by atoms with van der Waals surface area (Å²) in [5.41, 5.74) is 2.96. The monoisotopic (exact) mass is 394 g/mol. The van der Waals surface area contributed by atoms with E-state index in [2.05, 4.69) is 38.3 Å². The molecule has 4 aliphatic rings. The Balaban J connectivity index is 1.49. The van der Waals surface area contributed by atoms with Crippen molar-refractivity contribution >= 4 is 0 Å². The summed E-state index contributed by atoms with van der Waals surface area (Å²) in [7, 11) is 4.11. The van der Waals surface area contributed by atoms with Crippen molar-refractivity contribution in [2.24, 2.45) is 28.6 Å². The highest BCUT2D eigenvalue weighted by atomic mass is 16.6. The number of aliphatic hydroxyl groups is 2. The first-order chi connectivity index (χ1) is 13.2. The van der Waals surface area contributed by atoms with Crippen LogP contribution in [0.4, 0.5) is 0 Å². The van der Waals surface area contributed by atoms with Crippen molar-refractivity contribution in [3.63, 3.8) is 0 Å². The predicted molar refractivity (Wildman–Crippen MR) is 111 cm³/mol. The maximum absolute atomic E-state index is 12.1. The van der Waals surface area contributed by atoms with Gasteiger partial charge in [0.25, 0.3) is 0 Å². The average molecular weight is 395 g/mol. The smallest absolute Gasteiger partial charge is 0.0809 e. The van der Waals surface area contributed by atoms with Crippen LogP contribution in [0.15, 0.2) is 0 Å². The molecule has 0 bridgehead atoms. The molecule has 3 unspecified atom stereocenters. The Kier molecular flexibility index (Phi) is 5.63. The van der Waals surface area contributed by atoms with Gasteiger partial charge in [-0.3, -0.25) is 0 Å². The number of fused-ring (bicyclic) bond motifs is 5. The van der Waals surface area contributed by atoms with E-state index in [1.54, 1.807) is 0 Å². The number of nitrogens with one attached hydrogen (secondary N) is 1.